The third kappa shape index (κ3) is 7.59. The van der Waals surface area contributed by atoms with E-state index in [1.165, 1.54) is 14.2 Å². The molecule has 0 bridgehead atoms. The monoisotopic (exact) mass is 444 g/mol. The van der Waals surface area contributed by atoms with Crippen molar-refractivity contribution < 1.29 is 34.1 Å². The van der Waals surface area contributed by atoms with Gasteiger partial charge in [-0.05, 0) is 36.2 Å². The number of methoxy groups -OCH3 is 2. The number of rotatable bonds is 12. The summed E-state index contributed by atoms with van der Waals surface area (Å²) >= 11 is 0. The molecule has 32 heavy (non-hydrogen) atoms. The number of benzene rings is 2. The van der Waals surface area contributed by atoms with Crippen LogP contribution in [0.4, 0.5) is 0 Å². The van der Waals surface area contributed by atoms with E-state index < -0.39 is 36.4 Å². The van der Waals surface area contributed by atoms with Crippen molar-refractivity contribution in [2.24, 2.45) is 0 Å². The highest BCUT2D eigenvalue weighted by molar-refractivity contribution is 5.90. The highest BCUT2D eigenvalue weighted by atomic mass is 16.5. The Bertz CT molecular complexity index is 918. The summed E-state index contributed by atoms with van der Waals surface area (Å²) in [5.74, 6) is -2.05. The second-order valence-corrected chi connectivity index (χ2v) is 7.13. The second-order valence-electron chi connectivity index (χ2n) is 7.13. The van der Waals surface area contributed by atoms with E-state index in [1.807, 2.05) is 30.3 Å². The van der Waals surface area contributed by atoms with Gasteiger partial charge in [-0.1, -0.05) is 36.4 Å². The zero-order valence-electron chi connectivity index (χ0n) is 18.0. The number of hydrogen-bond donors (Lipinski definition) is 4. The molecule has 0 aliphatic carbocycles. The number of phenols is 1. The summed E-state index contributed by atoms with van der Waals surface area (Å²) in [4.78, 5) is 36.2. The van der Waals surface area contributed by atoms with Gasteiger partial charge in [0, 0.05) is 6.42 Å². The van der Waals surface area contributed by atoms with Crippen LogP contribution in [0.3, 0.4) is 0 Å². The van der Waals surface area contributed by atoms with Crippen LogP contribution in [-0.4, -0.2) is 60.9 Å². The number of carboxylic acids is 1. The van der Waals surface area contributed by atoms with Gasteiger partial charge in [-0.25, -0.2) is 4.79 Å². The molecule has 0 spiro atoms. The summed E-state index contributed by atoms with van der Waals surface area (Å²) in [5.41, 5.74) is 1.60. The Labute approximate surface area is 186 Å². The van der Waals surface area contributed by atoms with Crippen LogP contribution >= 0.6 is 0 Å². The van der Waals surface area contributed by atoms with Gasteiger partial charge < -0.3 is 30.3 Å². The smallest absolute Gasteiger partial charge is 0.328 e. The number of hydrogen-bond acceptors (Lipinski definition) is 7. The van der Waals surface area contributed by atoms with Crippen molar-refractivity contribution in [3.63, 3.8) is 0 Å². The Hall–Kier alpha value is -3.59. The SMILES string of the molecule is COC(=O)[C@@H](Cc1ccccc1)NC(=O)[C@@H](CC(=O)O)NCCc1ccc(OC)c(O)c1. The van der Waals surface area contributed by atoms with Gasteiger partial charge in [0.15, 0.2) is 11.5 Å². The number of carbonyl (C=O) groups excluding carboxylic acids is 2. The molecule has 2 aromatic rings. The van der Waals surface area contributed by atoms with Gasteiger partial charge >= 0.3 is 11.9 Å². The Morgan fingerprint density at radius 3 is 2.31 bits per heavy atom. The summed E-state index contributed by atoms with van der Waals surface area (Å²) in [6, 6.07) is 12.0. The summed E-state index contributed by atoms with van der Waals surface area (Å²) in [6.45, 7) is 0.276. The molecule has 0 aliphatic heterocycles. The highest BCUT2D eigenvalue weighted by Crippen LogP contribution is 2.26. The maximum Gasteiger partial charge on any atom is 0.328 e. The van der Waals surface area contributed by atoms with Crippen LogP contribution in [0.25, 0.3) is 0 Å². The lowest BCUT2D eigenvalue weighted by molar-refractivity contribution is -0.145. The molecule has 0 saturated heterocycles. The normalized spacial score (nSPS) is 12.4. The van der Waals surface area contributed by atoms with Gasteiger partial charge in [-0.3, -0.25) is 9.59 Å². The first kappa shape index (κ1) is 24.7. The van der Waals surface area contributed by atoms with Gasteiger partial charge in [-0.2, -0.15) is 0 Å². The Morgan fingerprint density at radius 1 is 1.00 bits per heavy atom. The molecule has 2 atom stereocenters. The molecule has 0 saturated carbocycles. The van der Waals surface area contributed by atoms with Crippen molar-refractivity contribution in [1.29, 1.82) is 0 Å². The van der Waals surface area contributed by atoms with E-state index >= 15 is 0 Å². The molecule has 0 radical (unpaired) electrons. The average Bonchev–Trinajstić information content (AvgIpc) is 2.78. The molecule has 0 heterocycles. The second kappa shape index (κ2) is 12.3. The van der Waals surface area contributed by atoms with Gasteiger partial charge in [0.25, 0.3) is 0 Å². The maximum atomic E-state index is 12.8. The van der Waals surface area contributed by atoms with Gasteiger partial charge in [0.1, 0.15) is 6.04 Å². The molecule has 0 aromatic heterocycles. The Balaban J connectivity index is 2.02. The number of ether oxygens (including phenoxy) is 2. The van der Waals surface area contributed by atoms with Gasteiger partial charge in [-0.15, -0.1) is 0 Å². The first-order chi connectivity index (χ1) is 15.3. The van der Waals surface area contributed by atoms with Crippen molar-refractivity contribution in [2.75, 3.05) is 20.8 Å². The Morgan fingerprint density at radius 2 is 1.72 bits per heavy atom. The van der Waals surface area contributed by atoms with Crippen LogP contribution in [0.15, 0.2) is 48.5 Å². The van der Waals surface area contributed by atoms with Crippen molar-refractivity contribution in [2.45, 2.75) is 31.3 Å². The molecule has 4 N–H and O–H groups in total. The maximum absolute atomic E-state index is 12.8. The standard InChI is InChI=1S/C23H28N2O7/c1-31-20-9-8-16(13-19(20)26)10-11-24-17(14-21(27)28)22(29)25-18(23(30)32-2)12-15-6-4-3-5-7-15/h3-9,13,17-18,24,26H,10-12,14H2,1-2H3,(H,25,29)(H,27,28)/t17-,18-/m1/s1. The predicted molar refractivity (Wildman–Crippen MR) is 116 cm³/mol. The lowest BCUT2D eigenvalue weighted by Crippen LogP contribution is -2.52. The summed E-state index contributed by atoms with van der Waals surface area (Å²) in [5, 5.41) is 24.6. The molecule has 0 aliphatic rings. The quantitative estimate of drug-likeness (QED) is 0.360. The number of aromatic hydroxyl groups is 1. The van der Waals surface area contributed by atoms with Crippen molar-refractivity contribution in [3.05, 3.63) is 59.7 Å². The minimum absolute atomic E-state index is 0.00772. The van der Waals surface area contributed by atoms with Crippen molar-refractivity contribution >= 4 is 17.8 Å². The molecule has 1 amide bonds. The molecule has 0 fully saturated rings. The van der Waals surface area contributed by atoms with E-state index in [4.69, 9.17) is 9.47 Å². The first-order valence-electron chi connectivity index (χ1n) is 10.1. The highest BCUT2D eigenvalue weighted by Gasteiger charge is 2.27. The number of aliphatic carboxylic acids is 1. The molecule has 2 rings (SSSR count). The van der Waals surface area contributed by atoms with Crippen LogP contribution in [0.1, 0.15) is 17.5 Å². The van der Waals surface area contributed by atoms with E-state index in [1.54, 1.807) is 18.2 Å². The third-order valence-corrected chi connectivity index (χ3v) is 4.83. The molecular formula is C23H28N2O7. The molecule has 2 aromatic carbocycles. The van der Waals surface area contributed by atoms with E-state index in [0.29, 0.717) is 12.2 Å². The van der Waals surface area contributed by atoms with E-state index in [0.717, 1.165) is 11.1 Å². The van der Waals surface area contributed by atoms with Crippen LogP contribution in [0, 0.1) is 0 Å². The number of esters is 1. The zero-order valence-corrected chi connectivity index (χ0v) is 18.0. The first-order valence-corrected chi connectivity index (χ1v) is 10.1. The number of carbonyl (C=O) groups is 3. The van der Waals surface area contributed by atoms with Crippen LogP contribution in [0.5, 0.6) is 11.5 Å². The van der Waals surface area contributed by atoms with Crippen molar-refractivity contribution in [3.8, 4) is 11.5 Å². The number of carboxylic acid groups (broad SMARTS) is 1. The minimum atomic E-state index is -1.16. The zero-order chi connectivity index (χ0) is 23.5. The number of nitrogens with one attached hydrogen (secondary N) is 2. The van der Waals surface area contributed by atoms with Crippen LogP contribution in [0.2, 0.25) is 0 Å². The number of amides is 1. The van der Waals surface area contributed by atoms with E-state index in [9.17, 15) is 24.6 Å². The van der Waals surface area contributed by atoms with E-state index in [-0.39, 0.29) is 18.7 Å². The summed E-state index contributed by atoms with van der Waals surface area (Å²) in [7, 11) is 2.68. The molecule has 9 nitrogen and oxygen atoms in total. The van der Waals surface area contributed by atoms with Gasteiger partial charge in [0.2, 0.25) is 5.91 Å². The lowest BCUT2D eigenvalue weighted by Gasteiger charge is -2.21. The van der Waals surface area contributed by atoms with E-state index in [2.05, 4.69) is 10.6 Å². The summed E-state index contributed by atoms with van der Waals surface area (Å²) in [6.07, 6.45) is 0.189. The van der Waals surface area contributed by atoms with Crippen LogP contribution in [-0.2, 0) is 32.0 Å². The molecule has 172 valence electrons. The predicted octanol–water partition coefficient (Wildman–Crippen LogP) is 1.28. The summed E-state index contributed by atoms with van der Waals surface area (Å²) < 4.78 is 9.80. The van der Waals surface area contributed by atoms with Crippen LogP contribution < -0.4 is 15.4 Å². The largest absolute Gasteiger partial charge is 0.504 e. The third-order valence-electron chi connectivity index (χ3n) is 4.83. The Kier molecular flexibility index (Phi) is 9.49. The van der Waals surface area contributed by atoms with Crippen molar-refractivity contribution in [1.82, 2.24) is 10.6 Å². The fourth-order valence-electron chi connectivity index (χ4n) is 3.17. The average molecular weight is 444 g/mol. The molecule has 0 unspecified atom stereocenters. The number of phenolic OH excluding ortho intramolecular Hbond substituents is 1. The fourth-order valence-corrected chi connectivity index (χ4v) is 3.17. The fraction of sp³-hybridized carbons (Fsp3) is 0.348. The lowest BCUT2D eigenvalue weighted by atomic mass is 10.0. The molecule has 9 heteroatoms. The van der Waals surface area contributed by atoms with Gasteiger partial charge in [0.05, 0.1) is 26.7 Å². The topological polar surface area (TPSA) is 134 Å². The molecular weight excluding hydrogens is 416 g/mol. The minimum Gasteiger partial charge on any atom is -0.504 e.